The molecule has 3 aromatic rings. The molecule has 0 aliphatic heterocycles. The number of benzene rings is 1. The molecule has 4 rings (SSSR count). The second-order valence-corrected chi connectivity index (χ2v) is 7.77. The Hall–Kier alpha value is -2.93. The molecule has 0 fully saturated rings. The molecule has 27 heavy (non-hydrogen) atoms. The molecule has 1 amide bonds. The van der Waals surface area contributed by atoms with Gasteiger partial charge >= 0.3 is 0 Å². The third-order valence-corrected chi connectivity index (χ3v) is 5.38. The number of anilines is 2. The molecule has 7 heteroatoms. The Bertz CT molecular complexity index is 1010. The van der Waals surface area contributed by atoms with Crippen LogP contribution in [0.25, 0.3) is 11.3 Å². The van der Waals surface area contributed by atoms with Crippen molar-refractivity contribution in [2.45, 2.75) is 32.8 Å². The Morgan fingerprint density at radius 3 is 2.93 bits per heavy atom. The molecular formula is C20H20N4O2S. The number of primary amides is 1. The van der Waals surface area contributed by atoms with Gasteiger partial charge in [-0.15, -0.1) is 11.3 Å². The van der Waals surface area contributed by atoms with Gasteiger partial charge in [0.05, 0.1) is 17.5 Å². The number of hydrogen-bond donors (Lipinski definition) is 2. The lowest BCUT2D eigenvalue weighted by molar-refractivity contribution is 0.100. The summed E-state index contributed by atoms with van der Waals surface area (Å²) in [5, 5.41) is 4.07. The summed E-state index contributed by atoms with van der Waals surface area (Å²) in [4.78, 5) is 21.8. The SMILES string of the molecule is CC(C)Oc1ccc(C(N)=O)cc1Nc1nc2c(s1)CCc1ccncc1-2. The van der Waals surface area contributed by atoms with Gasteiger partial charge in [-0.25, -0.2) is 4.98 Å². The van der Waals surface area contributed by atoms with Crippen molar-refractivity contribution in [2.24, 2.45) is 5.73 Å². The Balaban J connectivity index is 1.70. The number of aryl methyl sites for hydroxylation is 2. The number of amides is 1. The van der Waals surface area contributed by atoms with Crippen molar-refractivity contribution in [3.63, 3.8) is 0 Å². The highest BCUT2D eigenvalue weighted by Crippen LogP contribution is 2.39. The number of pyridine rings is 1. The Kier molecular flexibility index (Phi) is 4.53. The molecule has 0 saturated heterocycles. The van der Waals surface area contributed by atoms with Gasteiger partial charge in [0, 0.05) is 28.4 Å². The summed E-state index contributed by atoms with van der Waals surface area (Å²) in [6.45, 7) is 3.91. The molecule has 1 aliphatic carbocycles. The summed E-state index contributed by atoms with van der Waals surface area (Å²) in [7, 11) is 0. The van der Waals surface area contributed by atoms with E-state index in [1.165, 1.54) is 10.4 Å². The number of nitrogens with zero attached hydrogens (tertiary/aromatic N) is 2. The van der Waals surface area contributed by atoms with Crippen LogP contribution in [0.5, 0.6) is 5.75 Å². The molecule has 0 bridgehead atoms. The minimum absolute atomic E-state index is 0.00688. The number of rotatable bonds is 5. The van der Waals surface area contributed by atoms with Crippen molar-refractivity contribution in [1.29, 1.82) is 0 Å². The molecule has 1 aliphatic rings. The monoisotopic (exact) mass is 380 g/mol. The van der Waals surface area contributed by atoms with Gasteiger partial charge in [-0.1, -0.05) is 0 Å². The lowest BCUT2D eigenvalue weighted by Gasteiger charge is -2.15. The molecule has 0 saturated carbocycles. The molecule has 0 radical (unpaired) electrons. The molecule has 1 aromatic carbocycles. The maximum absolute atomic E-state index is 11.6. The summed E-state index contributed by atoms with van der Waals surface area (Å²) in [6, 6.07) is 7.18. The number of nitrogens with one attached hydrogen (secondary N) is 1. The molecule has 6 nitrogen and oxygen atoms in total. The van der Waals surface area contributed by atoms with Gasteiger partial charge in [0.1, 0.15) is 5.75 Å². The number of aromatic nitrogens is 2. The fourth-order valence-electron chi connectivity index (χ4n) is 3.14. The number of hydrogen-bond acceptors (Lipinski definition) is 6. The van der Waals surface area contributed by atoms with Crippen LogP contribution in [-0.4, -0.2) is 22.0 Å². The molecule has 0 unspecified atom stereocenters. The van der Waals surface area contributed by atoms with Crippen molar-refractivity contribution in [3.05, 3.63) is 52.7 Å². The number of thiazole rings is 1. The first-order valence-electron chi connectivity index (χ1n) is 8.82. The van der Waals surface area contributed by atoms with Gasteiger partial charge in [-0.3, -0.25) is 9.78 Å². The van der Waals surface area contributed by atoms with Gasteiger partial charge < -0.3 is 15.8 Å². The summed E-state index contributed by atoms with van der Waals surface area (Å²) in [5.74, 6) is 0.179. The first kappa shape index (κ1) is 17.5. The van der Waals surface area contributed by atoms with Crippen LogP contribution in [-0.2, 0) is 12.8 Å². The molecular weight excluding hydrogens is 360 g/mol. The number of carbonyl (C=O) groups excluding carboxylic acids is 1. The Morgan fingerprint density at radius 2 is 2.15 bits per heavy atom. The largest absolute Gasteiger partial charge is 0.489 e. The van der Waals surface area contributed by atoms with Crippen molar-refractivity contribution >= 4 is 28.1 Å². The first-order valence-corrected chi connectivity index (χ1v) is 9.63. The van der Waals surface area contributed by atoms with Crippen molar-refractivity contribution in [2.75, 3.05) is 5.32 Å². The number of nitrogens with two attached hydrogens (primary N) is 1. The maximum atomic E-state index is 11.6. The van der Waals surface area contributed by atoms with E-state index < -0.39 is 5.91 Å². The second kappa shape index (κ2) is 7.00. The van der Waals surface area contributed by atoms with Crippen molar-refractivity contribution in [1.82, 2.24) is 9.97 Å². The maximum Gasteiger partial charge on any atom is 0.248 e. The second-order valence-electron chi connectivity index (χ2n) is 6.69. The molecule has 138 valence electrons. The molecule has 2 aromatic heterocycles. The summed E-state index contributed by atoms with van der Waals surface area (Å²) in [6.07, 6.45) is 5.65. The van der Waals surface area contributed by atoms with Gasteiger partial charge in [-0.2, -0.15) is 0 Å². The highest BCUT2D eigenvalue weighted by molar-refractivity contribution is 7.16. The van der Waals surface area contributed by atoms with Crippen LogP contribution in [0.4, 0.5) is 10.8 Å². The van der Waals surface area contributed by atoms with E-state index in [9.17, 15) is 4.79 Å². The van der Waals surface area contributed by atoms with E-state index >= 15 is 0 Å². The zero-order chi connectivity index (χ0) is 19.0. The average molecular weight is 380 g/mol. The van der Waals surface area contributed by atoms with Gasteiger partial charge in [-0.05, 0) is 56.5 Å². The van der Waals surface area contributed by atoms with Crippen molar-refractivity contribution < 1.29 is 9.53 Å². The Morgan fingerprint density at radius 1 is 1.30 bits per heavy atom. The predicted molar refractivity (Wildman–Crippen MR) is 107 cm³/mol. The average Bonchev–Trinajstić information content (AvgIpc) is 3.05. The van der Waals surface area contributed by atoms with E-state index in [1.807, 2.05) is 26.2 Å². The number of carbonyl (C=O) groups is 1. The van der Waals surface area contributed by atoms with Crippen LogP contribution >= 0.6 is 11.3 Å². The molecule has 2 heterocycles. The molecule has 3 N–H and O–H groups in total. The third kappa shape index (κ3) is 3.50. The minimum Gasteiger partial charge on any atom is -0.489 e. The standard InChI is InChI=1S/C20H20N4O2S/c1-11(2)26-16-5-3-13(19(21)25)9-15(16)23-20-24-18-14-10-22-8-7-12(14)4-6-17(18)27-20/h3,5,7-11H,4,6H2,1-2H3,(H2,21,25)(H,23,24). The van der Waals surface area contributed by atoms with E-state index in [0.717, 1.165) is 29.2 Å². The Labute approximate surface area is 161 Å². The predicted octanol–water partition coefficient (Wildman–Crippen LogP) is 3.93. The van der Waals surface area contributed by atoms with Crippen LogP contribution in [0, 0.1) is 0 Å². The highest BCUT2D eigenvalue weighted by Gasteiger charge is 2.21. The van der Waals surface area contributed by atoms with Crippen LogP contribution in [0.15, 0.2) is 36.7 Å². The first-order chi connectivity index (χ1) is 13.0. The lowest BCUT2D eigenvalue weighted by atomic mass is 9.96. The zero-order valence-electron chi connectivity index (χ0n) is 15.2. The van der Waals surface area contributed by atoms with Crippen LogP contribution in [0.1, 0.15) is 34.6 Å². The topological polar surface area (TPSA) is 90.1 Å². The van der Waals surface area contributed by atoms with E-state index in [1.54, 1.807) is 29.5 Å². The normalized spacial score (nSPS) is 12.4. The van der Waals surface area contributed by atoms with Crippen LogP contribution < -0.4 is 15.8 Å². The number of ether oxygens (including phenoxy) is 1. The molecule has 0 spiro atoms. The third-order valence-electron chi connectivity index (χ3n) is 4.35. The lowest BCUT2D eigenvalue weighted by Crippen LogP contribution is -2.12. The quantitative estimate of drug-likeness (QED) is 0.700. The van der Waals surface area contributed by atoms with Crippen molar-refractivity contribution in [3.8, 4) is 17.0 Å². The highest BCUT2D eigenvalue weighted by atomic mass is 32.1. The van der Waals surface area contributed by atoms with Gasteiger partial charge in [0.25, 0.3) is 0 Å². The van der Waals surface area contributed by atoms with Gasteiger partial charge in [0.2, 0.25) is 5.91 Å². The number of fused-ring (bicyclic) bond motifs is 3. The van der Waals surface area contributed by atoms with E-state index in [-0.39, 0.29) is 6.10 Å². The van der Waals surface area contributed by atoms with Gasteiger partial charge in [0.15, 0.2) is 5.13 Å². The fraction of sp³-hybridized carbons (Fsp3) is 0.250. The van der Waals surface area contributed by atoms with E-state index in [2.05, 4.69) is 16.4 Å². The van der Waals surface area contributed by atoms with Crippen LogP contribution in [0.2, 0.25) is 0 Å². The fourth-order valence-corrected chi connectivity index (χ4v) is 4.13. The minimum atomic E-state index is -0.479. The smallest absolute Gasteiger partial charge is 0.248 e. The summed E-state index contributed by atoms with van der Waals surface area (Å²) in [5.41, 5.74) is 9.87. The zero-order valence-corrected chi connectivity index (χ0v) is 16.0. The molecule has 0 atom stereocenters. The summed E-state index contributed by atoms with van der Waals surface area (Å²) >= 11 is 1.61. The van der Waals surface area contributed by atoms with E-state index in [0.29, 0.717) is 17.0 Å². The van der Waals surface area contributed by atoms with Crippen LogP contribution in [0.3, 0.4) is 0 Å². The van der Waals surface area contributed by atoms with E-state index in [4.69, 9.17) is 15.5 Å². The summed E-state index contributed by atoms with van der Waals surface area (Å²) < 4.78 is 5.86.